The number of rotatable bonds is 11. The lowest BCUT2D eigenvalue weighted by molar-refractivity contribution is -0.158. The summed E-state index contributed by atoms with van der Waals surface area (Å²) in [6.45, 7) is 9.49. The van der Waals surface area contributed by atoms with Crippen molar-refractivity contribution in [1.29, 1.82) is 0 Å². The van der Waals surface area contributed by atoms with Crippen molar-refractivity contribution in [2.75, 3.05) is 38.3 Å². The molecule has 0 radical (unpaired) electrons. The summed E-state index contributed by atoms with van der Waals surface area (Å²) < 4.78 is 17.2. The number of hydrogen-bond donors (Lipinski definition) is 1. The SMILES string of the molecule is C=CCOC(=O)[C@@H]1[C@H]2C(=O)N(CCCO)C(C(=O)N(CC=C)c3ccc(OC)cc3)C23CC[C@@]1(C)O3. The lowest BCUT2D eigenvalue weighted by Crippen LogP contribution is -2.56. The number of anilines is 1. The predicted molar refractivity (Wildman–Crippen MR) is 132 cm³/mol. The maximum atomic E-state index is 14.3. The molecule has 1 aromatic carbocycles. The molecule has 1 spiro atoms. The van der Waals surface area contributed by atoms with Crippen LogP contribution in [0.25, 0.3) is 0 Å². The van der Waals surface area contributed by atoms with Crippen LogP contribution in [0.3, 0.4) is 0 Å². The Hall–Kier alpha value is -3.17. The Labute approximate surface area is 211 Å². The van der Waals surface area contributed by atoms with Crippen LogP contribution >= 0.6 is 0 Å². The monoisotopic (exact) mass is 498 g/mol. The van der Waals surface area contributed by atoms with Crippen LogP contribution in [-0.2, 0) is 23.9 Å². The minimum atomic E-state index is -1.16. The van der Waals surface area contributed by atoms with E-state index in [1.54, 1.807) is 42.4 Å². The lowest BCUT2D eigenvalue weighted by Gasteiger charge is -2.36. The van der Waals surface area contributed by atoms with Gasteiger partial charge in [-0.3, -0.25) is 14.4 Å². The normalized spacial score (nSPS) is 30.1. The van der Waals surface area contributed by atoms with Crippen molar-refractivity contribution in [3.63, 3.8) is 0 Å². The van der Waals surface area contributed by atoms with Crippen LogP contribution in [0.1, 0.15) is 26.2 Å². The molecule has 36 heavy (non-hydrogen) atoms. The zero-order chi connectivity index (χ0) is 26.1. The van der Waals surface area contributed by atoms with Gasteiger partial charge in [0.2, 0.25) is 5.91 Å². The Morgan fingerprint density at radius 3 is 2.58 bits per heavy atom. The van der Waals surface area contributed by atoms with Crippen LogP contribution in [0.15, 0.2) is 49.6 Å². The van der Waals surface area contributed by atoms with Crippen molar-refractivity contribution < 1.29 is 33.7 Å². The van der Waals surface area contributed by atoms with Gasteiger partial charge in [0.05, 0.1) is 18.6 Å². The molecular weight excluding hydrogens is 464 g/mol. The Balaban J connectivity index is 1.76. The van der Waals surface area contributed by atoms with Gasteiger partial charge in [0, 0.05) is 25.4 Å². The number of carbonyl (C=O) groups is 3. The molecule has 0 aromatic heterocycles. The van der Waals surface area contributed by atoms with Crippen LogP contribution in [0.4, 0.5) is 5.69 Å². The average Bonchev–Trinajstić information content (AvgIpc) is 3.45. The fraction of sp³-hybridized carbons (Fsp3) is 0.519. The first-order valence-electron chi connectivity index (χ1n) is 12.2. The number of aliphatic hydroxyl groups excluding tert-OH is 1. The van der Waals surface area contributed by atoms with Crippen molar-refractivity contribution in [3.8, 4) is 5.75 Å². The van der Waals surface area contributed by atoms with E-state index in [0.29, 0.717) is 30.7 Å². The number of hydrogen-bond acceptors (Lipinski definition) is 7. The first-order valence-corrected chi connectivity index (χ1v) is 12.2. The van der Waals surface area contributed by atoms with Crippen molar-refractivity contribution in [2.45, 2.75) is 43.4 Å². The molecule has 1 N–H and O–H groups in total. The molecule has 2 unspecified atom stereocenters. The highest BCUT2D eigenvalue weighted by Crippen LogP contribution is 2.63. The van der Waals surface area contributed by atoms with E-state index >= 15 is 0 Å². The van der Waals surface area contributed by atoms with E-state index in [9.17, 15) is 19.5 Å². The standard InChI is InChI=1S/C27H34N2O7/c1-5-14-28(18-8-10-19(34-4)11-9-18)24(32)22-27-13-12-26(3,36-27)21(25(33)35-17-6-2)20(27)23(31)29(22)15-7-16-30/h5-6,8-11,20-22,30H,1-2,7,12-17H2,3-4H3/t20-,21-,22?,26+,27?/m0/s1. The third kappa shape index (κ3) is 4.00. The van der Waals surface area contributed by atoms with E-state index in [0.717, 1.165) is 0 Å². The number of aliphatic hydroxyl groups is 1. The van der Waals surface area contributed by atoms with Crippen LogP contribution in [0.5, 0.6) is 5.75 Å². The van der Waals surface area contributed by atoms with Crippen LogP contribution in [0, 0.1) is 11.8 Å². The average molecular weight is 499 g/mol. The highest BCUT2D eigenvalue weighted by atomic mass is 16.6. The number of benzene rings is 1. The number of methoxy groups -OCH3 is 1. The van der Waals surface area contributed by atoms with Crippen LogP contribution < -0.4 is 9.64 Å². The Morgan fingerprint density at radius 1 is 1.25 bits per heavy atom. The molecule has 0 aliphatic carbocycles. The van der Waals surface area contributed by atoms with E-state index in [4.69, 9.17) is 14.2 Å². The summed E-state index contributed by atoms with van der Waals surface area (Å²) in [5.74, 6) is -2.19. The van der Waals surface area contributed by atoms with Crippen molar-refractivity contribution in [2.24, 2.45) is 11.8 Å². The van der Waals surface area contributed by atoms with E-state index in [-0.39, 0.29) is 38.1 Å². The summed E-state index contributed by atoms with van der Waals surface area (Å²) in [5.41, 5.74) is -1.46. The second-order valence-corrected chi connectivity index (χ2v) is 9.69. The molecular formula is C27H34N2O7. The van der Waals surface area contributed by atoms with Gasteiger partial charge < -0.3 is 29.1 Å². The van der Waals surface area contributed by atoms with Gasteiger partial charge in [0.1, 0.15) is 29.9 Å². The minimum absolute atomic E-state index is 0.0283. The number of amides is 2. The van der Waals surface area contributed by atoms with Crippen molar-refractivity contribution in [3.05, 3.63) is 49.6 Å². The highest BCUT2D eigenvalue weighted by Gasteiger charge is 2.78. The summed E-state index contributed by atoms with van der Waals surface area (Å²) in [5, 5.41) is 9.50. The summed E-state index contributed by atoms with van der Waals surface area (Å²) in [6.07, 6.45) is 4.37. The molecule has 1 aromatic rings. The summed E-state index contributed by atoms with van der Waals surface area (Å²) in [6, 6.07) is 6.10. The molecule has 5 atom stereocenters. The third-order valence-corrected chi connectivity index (χ3v) is 7.63. The Morgan fingerprint density at radius 2 is 1.97 bits per heavy atom. The molecule has 2 amide bonds. The number of nitrogens with zero attached hydrogens (tertiary/aromatic N) is 2. The fourth-order valence-electron chi connectivity index (χ4n) is 6.14. The molecule has 194 valence electrons. The number of fused-ring (bicyclic) bond motifs is 1. The van der Waals surface area contributed by atoms with Crippen LogP contribution in [0.2, 0.25) is 0 Å². The minimum Gasteiger partial charge on any atom is -0.497 e. The second kappa shape index (κ2) is 10.1. The summed E-state index contributed by atoms with van der Waals surface area (Å²) >= 11 is 0. The summed E-state index contributed by atoms with van der Waals surface area (Å²) in [4.78, 5) is 44.3. The van der Waals surface area contributed by atoms with Gasteiger partial charge in [-0.1, -0.05) is 18.7 Å². The van der Waals surface area contributed by atoms with Gasteiger partial charge in [-0.25, -0.2) is 0 Å². The number of likely N-dealkylation sites (tertiary alicyclic amines) is 1. The van der Waals surface area contributed by atoms with Gasteiger partial charge in [-0.05, 0) is 50.5 Å². The number of esters is 1. The van der Waals surface area contributed by atoms with E-state index in [2.05, 4.69) is 13.2 Å². The fourth-order valence-corrected chi connectivity index (χ4v) is 6.14. The summed E-state index contributed by atoms with van der Waals surface area (Å²) in [7, 11) is 1.56. The van der Waals surface area contributed by atoms with Gasteiger partial charge in [0.15, 0.2) is 0 Å². The molecule has 9 heteroatoms. The molecule has 4 rings (SSSR count). The zero-order valence-corrected chi connectivity index (χ0v) is 20.9. The van der Waals surface area contributed by atoms with E-state index in [1.807, 2.05) is 6.92 Å². The van der Waals surface area contributed by atoms with Gasteiger partial charge in [0.25, 0.3) is 5.91 Å². The number of carbonyl (C=O) groups excluding carboxylic acids is 3. The second-order valence-electron chi connectivity index (χ2n) is 9.69. The van der Waals surface area contributed by atoms with Gasteiger partial charge >= 0.3 is 5.97 Å². The van der Waals surface area contributed by atoms with Crippen molar-refractivity contribution >= 4 is 23.5 Å². The topological polar surface area (TPSA) is 106 Å². The van der Waals surface area contributed by atoms with E-state index < -0.39 is 35.0 Å². The van der Waals surface area contributed by atoms with Gasteiger partial charge in [-0.15, -0.1) is 6.58 Å². The lowest BCUT2D eigenvalue weighted by atomic mass is 9.66. The first kappa shape index (κ1) is 25.9. The zero-order valence-electron chi connectivity index (χ0n) is 20.9. The Bertz CT molecular complexity index is 1040. The Kier molecular flexibility index (Phi) is 7.24. The van der Waals surface area contributed by atoms with Gasteiger partial charge in [-0.2, -0.15) is 0 Å². The predicted octanol–water partition coefficient (Wildman–Crippen LogP) is 2.09. The molecule has 3 heterocycles. The van der Waals surface area contributed by atoms with E-state index in [1.165, 1.54) is 11.0 Å². The largest absolute Gasteiger partial charge is 0.497 e. The first-order chi connectivity index (χ1) is 17.3. The third-order valence-electron chi connectivity index (χ3n) is 7.63. The molecule has 3 fully saturated rings. The quantitative estimate of drug-likeness (QED) is 0.368. The molecule has 0 saturated carbocycles. The van der Waals surface area contributed by atoms with Crippen molar-refractivity contribution in [1.82, 2.24) is 4.90 Å². The maximum absolute atomic E-state index is 14.3. The highest BCUT2D eigenvalue weighted by molar-refractivity contribution is 6.04. The molecule has 3 aliphatic rings. The molecule has 9 nitrogen and oxygen atoms in total. The number of ether oxygens (including phenoxy) is 3. The maximum Gasteiger partial charge on any atom is 0.313 e. The molecule has 3 saturated heterocycles. The van der Waals surface area contributed by atoms with Crippen LogP contribution in [-0.4, -0.2) is 78.4 Å². The smallest absolute Gasteiger partial charge is 0.313 e. The molecule has 2 bridgehead atoms. The molecule has 3 aliphatic heterocycles.